The maximum Gasteiger partial charge on any atom is -0.0354 e. The molecule has 0 N–H and O–H groups in total. The van der Waals surface area contributed by atoms with Crippen LogP contribution >= 0.6 is 27.0 Å². The first-order valence-corrected chi connectivity index (χ1v) is 6.21. The summed E-state index contributed by atoms with van der Waals surface area (Å²) in [6, 6.07) is 0. The summed E-state index contributed by atoms with van der Waals surface area (Å²) in [6.07, 6.45) is 5.81. The topological polar surface area (TPSA) is 0 Å². The van der Waals surface area contributed by atoms with E-state index in [2.05, 4.69) is 41.5 Å². The molecule has 0 aromatic carbocycles. The molecule has 0 saturated heterocycles. The second kappa shape index (κ2) is 6.58. The normalized spacial score (nSPS) is 26.6. The van der Waals surface area contributed by atoms with E-state index in [1.165, 1.54) is 25.7 Å². The minimum absolute atomic E-state index is 0. The first-order valence-electron chi connectivity index (χ1n) is 6.21. The zero-order valence-corrected chi connectivity index (χ0v) is 14.0. The van der Waals surface area contributed by atoms with Crippen LogP contribution in [-0.4, -0.2) is 0 Å². The summed E-state index contributed by atoms with van der Waals surface area (Å²) in [5.41, 5.74) is 1.04. The zero-order valence-electron chi connectivity index (χ0n) is 12.0. The van der Waals surface area contributed by atoms with E-state index < -0.39 is 0 Å². The van der Waals surface area contributed by atoms with Gasteiger partial charge >= 0.3 is 0 Å². The molecule has 1 aliphatic carbocycles. The predicted molar refractivity (Wildman–Crippen MR) is 85.1 cm³/mol. The molecule has 2 heteroatoms. The van der Waals surface area contributed by atoms with Crippen LogP contribution in [0.4, 0.5) is 0 Å². The number of rotatable bonds is 0. The summed E-state index contributed by atoms with van der Waals surface area (Å²) in [7, 11) is 0. The molecule has 2 unspecified atom stereocenters. The third-order valence-corrected chi connectivity index (χ3v) is 4.12. The summed E-state index contributed by atoms with van der Waals surface area (Å²) in [5.74, 6) is 1.89. The molecule has 0 aliphatic heterocycles. The molecular weight excluding hydrogens is 232 g/mol. The van der Waals surface area contributed by atoms with Crippen LogP contribution in [0.1, 0.15) is 67.2 Å². The molecule has 0 aromatic heterocycles. The summed E-state index contributed by atoms with van der Waals surface area (Å²) in [4.78, 5) is 0. The van der Waals surface area contributed by atoms with Gasteiger partial charge in [-0.2, -0.15) is 27.0 Å². The summed E-state index contributed by atoms with van der Waals surface area (Å²) < 4.78 is 0. The van der Waals surface area contributed by atoms with Gasteiger partial charge in [-0.05, 0) is 41.9 Å². The van der Waals surface area contributed by atoms with Crippen LogP contribution in [0.5, 0.6) is 0 Å². The largest absolute Gasteiger partial charge is 0.197 e. The average Bonchev–Trinajstić information content (AvgIpc) is 2.01. The molecule has 16 heavy (non-hydrogen) atoms. The van der Waals surface area contributed by atoms with Crippen molar-refractivity contribution in [3.05, 3.63) is 0 Å². The highest BCUT2D eigenvalue weighted by molar-refractivity contribution is 7.59. The summed E-state index contributed by atoms with van der Waals surface area (Å²) in [5, 5.41) is 0. The van der Waals surface area contributed by atoms with Gasteiger partial charge in [0, 0.05) is 0 Å². The second-order valence-electron chi connectivity index (χ2n) is 7.29. The molecule has 0 radical (unpaired) electrons. The predicted octanol–water partition coefficient (Wildman–Crippen LogP) is 5.11. The van der Waals surface area contributed by atoms with Crippen molar-refractivity contribution in [1.82, 2.24) is 0 Å². The molecule has 0 aromatic rings. The van der Waals surface area contributed by atoms with Crippen molar-refractivity contribution >= 4 is 27.0 Å². The van der Waals surface area contributed by atoms with E-state index in [0.717, 1.165) is 11.8 Å². The third kappa shape index (κ3) is 5.35. The lowest BCUT2D eigenvalue weighted by Gasteiger charge is -2.42. The third-order valence-electron chi connectivity index (χ3n) is 4.12. The molecule has 1 rings (SSSR count). The fourth-order valence-corrected chi connectivity index (χ4v) is 2.76. The van der Waals surface area contributed by atoms with E-state index >= 15 is 0 Å². The van der Waals surface area contributed by atoms with Gasteiger partial charge in [0.25, 0.3) is 0 Å². The molecule has 0 spiro atoms. The van der Waals surface area contributed by atoms with E-state index in [9.17, 15) is 0 Å². The van der Waals surface area contributed by atoms with E-state index in [1.807, 2.05) is 0 Å². The first-order chi connectivity index (χ1) is 6.21. The Morgan fingerprint density at radius 1 is 0.688 bits per heavy atom. The molecule has 2 atom stereocenters. The minimum atomic E-state index is 0. The van der Waals surface area contributed by atoms with Crippen molar-refractivity contribution in [3.8, 4) is 0 Å². The highest BCUT2D eigenvalue weighted by Gasteiger charge is 2.35. The Kier molecular flexibility index (Phi) is 7.84. The highest BCUT2D eigenvalue weighted by Crippen LogP contribution is 2.45. The van der Waals surface area contributed by atoms with Gasteiger partial charge in [-0.25, -0.2) is 0 Å². The molecule has 0 nitrogen and oxygen atoms in total. The lowest BCUT2D eigenvalue weighted by molar-refractivity contribution is 0.0830. The fraction of sp³-hybridized carbons (Fsp3) is 1.00. The van der Waals surface area contributed by atoms with Crippen LogP contribution in [0.15, 0.2) is 0 Å². The van der Waals surface area contributed by atoms with Crippen molar-refractivity contribution < 1.29 is 0 Å². The Morgan fingerprint density at radius 3 is 1.25 bits per heavy atom. The van der Waals surface area contributed by atoms with Gasteiger partial charge in [0.1, 0.15) is 0 Å². The Balaban J connectivity index is 0. The minimum Gasteiger partial charge on any atom is -0.197 e. The van der Waals surface area contributed by atoms with Crippen LogP contribution in [-0.2, 0) is 0 Å². The van der Waals surface area contributed by atoms with Gasteiger partial charge in [0.05, 0.1) is 0 Å². The van der Waals surface area contributed by atoms with Gasteiger partial charge in [-0.15, -0.1) is 0 Å². The molecule has 1 saturated carbocycles. The van der Waals surface area contributed by atoms with E-state index in [0.29, 0.717) is 10.8 Å². The van der Waals surface area contributed by atoms with Crippen molar-refractivity contribution in [3.63, 3.8) is 0 Å². The maximum absolute atomic E-state index is 2.41. The molecule has 1 fully saturated rings. The SMILES string of the molecule is CC(C)(C)C1CCCC(C(C)(C)C)C1.S.S. The van der Waals surface area contributed by atoms with E-state index in [-0.39, 0.29) is 27.0 Å². The zero-order chi connectivity index (χ0) is 11.0. The van der Waals surface area contributed by atoms with E-state index in [1.54, 1.807) is 0 Å². The smallest absolute Gasteiger partial charge is 0.0354 e. The van der Waals surface area contributed by atoms with Crippen molar-refractivity contribution in [2.45, 2.75) is 67.2 Å². The molecular formula is C14H32S2. The lowest BCUT2D eigenvalue weighted by Crippen LogP contribution is -2.32. The standard InChI is InChI=1S/C14H28.2H2S/c1-13(2,3)11-8-7-9-12(10-11)14(4,5)6;;/h11-12H,7-10H2,1-6H3;2*1H2. The monoisotopic (exact) mass is 264 g/mol. The number of hydrogen-bond acceptors (Lipinski definition) is 0. The van der Waals surface area contributed by atoms with Gasteiger partial charge in [-0.3, -0.25) is 0 Å². The molecule has 1 aliphatic rings. The average molecular weight is 265 g/mol. The molecule has 100 valence electrons. The quantitative estimate of drug-likeness (QED) is 0.570. The summed E-state index contributed by atoms with van der Waals surface area (Å²) >= 11 is 0. The van der Waals surface area contributed by atoms with Gasteiger partial charge in [-0.1, -0.05) is 48.0 Å². The second-order valence-corrected chi connectivity index (χ2v) is 7.29. The van der Waals surface area contributed by atoms with Crippen molar-refractivity contribution in [2.75, 3.05) is 0 Å². The lowest BCUT2D eigenvalue weighted by atomic mass is 9.63. The van der Waals surface area contributed by atoms with Crippen LogP contribution in [0.25, 0.3) is 0 Å². The first kappa shape index (κ1) is 19.0. The Hall–Kier alpha value is 0.700. The highest BCUT2D eigenvalue weighted by atomic mass is 32.1. The van der Waals surface area contributed by atoms with Crippen LogP contribution in [0.3, 0.4) is 0 Å². The Bertz CT molecular complexity index is 166. The molecule has 0 amide bonds. The van der Waals surface area contributed by atoms with Crippen LogP contribution in [0, 0.1) is 22.7 Å². The van der Waals surface area contributed by atoms with Crippen LogP contribution in [0.2, 0.25) is 0 Å². The van der Waals surface area contributed by atoms with Crippen molar-refractivity contribution in [2.24, 2.45) is 22.7 Å². The van der Waals surface area contributed by atoms with Gasteiger partial charge in [0.15, 0.2) is 0 Å². The Labute approximate surface area is 117 Å². The molecule has 0 heterocycles. The maximum atomic E-state index is 2.41. The fourth-order valence-electron chi connectivity index (χ4n) is 2.76. The number of hydrogen-bond donors (Lipinski definition) is 0. The summed E-state index contributed by atoms with van der Waals surface area (Å²) in [6.45, 7) is 14.4. The van der Waals surface area contributed by atoms with Crippen LogP contribution < -0.4 is 0 Å². The van der Waals surface area contributed by atoms with Gasteiger partial charge < -0.3 is 0 Å². The molecule has 0 bridgehead atoms. The van der Waals surface area contributed by atoms with Gasteiger partial charge in [0.2, 0.25) is 0 Å². The van der Waals surface area contributed by atoms with Crippen molar-refractivity contribution in [1.29, 1.82) is 0 Å². The Morgan fingerprint density at radius 2 is 1.00 bits per heavy atom. The van der Waals surface area contributed by atoms with E-state index in [4.69, 9.17) is 0 Å².